The van der Waals surface area contributed by atoms with E-state index in [-0.39, 0.29) is 37.3 Å². The molecule has 4 rings (SSSR count). The van der Waals surface area contributed by atoms with Gasteiger partial charge in [-0.15, -0.1) is 0 Å². The average molecular weight is 451 g/mol. The Hall–Kier alpha value is -3.35. The number of alkyl carbamates (subject to hydrolysis) is 1. The van der Waals surface area contributed by atoms with Crippen molar-refractivity contribution in [3.8, 4) is 11.1 Å². The minimum atomic E-state index is -1.00. The van der Waals surface area contributed by atoms with Gasteiger partial charge in [-0.05, 0) is 41.0 Å². The molecule has 1 fully saturated rings. The summed E-state index contributed by atoms with van der Waals surface area (Å²) in [7, 11) is 0. The lowest BCUT2D eigenvalue weighted by Gasteiger charge is -2.28. The summed E-state index contributed by atoms with van der Waals surface area (Å²) in [4.78, 5) is 36.1. The molecule has 7 nitrogen and oxygen atoms in total. The lowest BCUT2D eigenvalue weighted by atomic mass is 9.84. The summed E-state index contributed by atoms with van der Waals surface area (Å²) in [5.41, 5.74) is 4.58. The first-order valence-electron chi connectivity index (χ1n) is 11.7. The molecular weight excluding hydrogens is 420 g/mol. The highest BCUT2D eigenvalue weighted by atomic mass is 16.5. The Morgan fingerprint density at radius 2 is 1.55 bits per heavy atom. The molecule has 0 bridgehead atoms. The zero-order chi connectivity index (χ0) is 23.2. The van der Waals surface area contributed by atoms with E-state index in [0.29, 0.717) is 0 Å². The molecule has 0 spiro atoms. The van der Waals surface area contributed by atoms with E-state index in [1.165, 1.54) is 0 Å². The summed E-state index contributed by atoms with van der Waals surface area (Å²) in [6.45, 7) is 0.286. The molecule has 2 amide bonds. The van der Waals surface area contributed by atoms with Gasteiger partial charge in [0.1, 0.15) is 12.6 Å². The Bertz CT molecular complexity index is 970. The molecule has 2 aromatic rings. The number of amides is 2. The van der Waals surface area contributed by atoms with E-state index in [9.17, 15) is 19.5 Å². The number of benzene rings is 2. The van der Waals surface area contributed by atoms with Crippen molar-refractivity contribution in [3.05, 3.63) is 59.7 Å². The first-order valence-corrected chi connectivity index (χ1v) is 11.7. The van der Waals surface area contributed by atoms with Crippen molar-refractivity contribution in [2.45, 2.75) is 50.5 Å². The molecule has 0 heterocycles. The minimum Gasteiger partial charge on any atom is -0.480 e. The van der Waals surface area contributed by atoms with Gasteiger partial charge in [0.2, 0.25) is 5.91 Å². The lowest BCUT2D eigenvalue weighted by molar-refractivity contribution is -0.143. The van der Waals surface area contributed by atoms with Crippen LogP contribution in [-0.2, 0) is 14.3 Å². The molecule has 2 aliphatic carbocycles. The van der Waals surface area contributed by atoms with Crippen LogP contribution >= 0.6 is 0 Å². The van der Waals surface area contributed by atoms with Crippen LogP contribution in [-0.4, -0.2) is 42.3 Å². The maximum Gasteiger partial charge on any atom is 0.407 e. The third kappa shape index (κ3) is 5.35. The first-order chi connectivity index (χ1) is 16.0. The molecule has 0 aliphatic heterocycles. The van der Waals surface area contributed by atoms with Crippen LogP contribution in [0.4, 0.5) is 4.79 Å². The molecule has 1 saturated carbocycles. The summed E-state index contributed by atoms with van der Waals surface area (Å²) in [6.07, 6.45) is 4.14. The standard InChI is InChI=1S/C26H30N2O5/c29-23(28-24(25(30)31)17-8-2-1-3-9-17)14-15-27-26(32)33-16-22-20-12-6-4-10-18(20)19-11-5-7-13-21(19)22/h4-7,10-13,17,22,24H,1-3,8-9,14-16H2,(H,27,32)(H,28,29)(H,30,31). The number of nitrogens with one attached hydrogen (secondary N) is 2. The van der Waals surface area contributed by atoms with Crippen molar-refractivity contribution >= 4 is 18.0 Å². The number of carbonyl (C=O) groups excluding carboxylic acids is 2. The molecule has 1 atom stereocenters. The minimum absolute atomic E-state index is 0.000690. The van der Waals surface area contributed by atoms with Crippen molar-refractivity contribution in [1.82, 2.24) is 10.6 Å². The summed E-state index contributed by atoms with van der Waals surface area (Å²) >= 11 is 0. The average Bonchev–Trinajstić information content (AvgIpc) is 3.15. The molecule has 2 aliphatic rings. The van der Waals surface area contributed by atoms with E-state index in [1.807, 2.05) is 24.3 Å². The predicted molar refractivity (Wildman–Crippen MR) is 124 cm³/mol. The van der Waals surface area contributed by atoms with Crippen molar-refractivity contribution < 1.29 is 24.2 Å². The van der Waals surface area contributed by atoms with E-state index >= 15 is 0 Å². The predicted octanol–water partition coefficient (Wildman–Crippen LogP) is 4.06. The number of fused-ring (bicyclic) bond motifs is 3. The lowest BCUT2D eigenvalue weighted by Crippen LogP contribution is -2.47. The zero-order valence-electron chi connectivity index (χ0n) is 18.6. The van der Waals surface area contributed by atoms with Crippen molar-refractivity contribution in [2.24, 2.45) is 5.92 Å². The van der Waals surface area contributed by atoms with Gasteiger partial charge in [0.05, 0.1) is 0 Å². The number of ether oxygens (including phenoxy) is 1. The van der Waals surface area contributed by atoms with Crippen LogP contribution < -0.4 is 10.6 Å². The largest absolute Gasteiger partial charge is 0.480 e. The number of rotatable bonds is 8. The normalized spacial score (nSPS) is 16.4. The van der Waals surface area contributed by atoms with Crippen LogP contribution in [0.5, 0.6) is 0 Å². The Morgan fingerprint density at radius 1 is 0.939 bits per heavy atom. The van der Waals surface area contributed by atoms with Gasteiger partial charge in [-0.25, -0.2) is 9.59 Å². The highest BCUT2D eigenvalue weighted by Crippen LogP contribution is 2.44. The van der Waals surface area contributed by atoms with Crippen LogP contribution in [0, 0.1) is 5.92 Å². The SMILES string of the molecule is O=C(CCNC(=O)OCC1c2ccccc2-c2ccccc21)NC(C(=O)O)C1CCCCC1. The smallest absolute Gasteiger partial charge is 0.407 e. The van der Waals surface area contributed by atoms with Crippen molar-refractivity contribution in [2.75, 3.05) is 13.2 Å². The Morgan fingerprint density at radius 3 is 2.15 bits per heavy atom. The van der Waals surface area contributed by atoms with E-state index in [2.05, 4.69) is 34.9 Å². The maximum absolute atomic E-state index is 12.3. The van der Waals surface area contributed by atoms with Gasteiger partial charge in [-0.3, -0.25) is 4.79 Å². The van der Waals surface area contributed by atoms with Gasteiger partial charge in [0, 0.05) is 18.9 Å². The zero-order valence-corrected chi connectivity index (χ0v) is 18.6. The third-order valence-corrected chi connectivity index (χ3v) is 6.67. The fourth-order valence-electron chi connectivity index (χ4n) is 5.02. The molecular formula is C26H30N2O5. The molecule has 1 unspecified atom stereocenters. The van der Waals surface area contributed by atoms with Crippen LogP contribution in [0.1, 0.15) is 55.6 Å². The monoisotopic (exact) mass is 450 g/mol. The molecule has 33 heavy (non-hydrogen) atoms. The van der Waals surface area contributed by atoms with E-state index < -0.39 is 18.1 Å². The van der Waals surface area contributed by atoms with Crippen LogP contribution in [0.15, 0.2) is 48.5 Å². The number of hydrogen-bond donors (Lipinski definition) is 3. The summed E-state index contributed by atoms with van der Waals surface area (Å²) < 4.78 is 5.46. The second-order valence-electron chi connectivity index (χ2n) is 8.78. The summed E-state index contributed by atoms with van der Waals surface area (Å²) in [5, 5.41) is 14.7. The molecule has 0 saturated heterocycles. The number of carboxylic acid groups (broad SMARTS) is 1. The molecule has 7 heteroatoms. The molecule has 3 N–H and O–H groups in total. The topological polar surface area (TPSA) is 105 Å². The van der Waals surface area contributed by atoms with Crippen molar-refractivity contribution in [3.63, 3.8) is 0 Å². The molecule has 0 aromatic heterocycles. The van der Waals surface area contributed by atoms with Gasteiger partial charge in [0.15, 0.2) is 0 Å². The van der Waals surface area contributed by atoms with E-state index in [1.54, 1.807) is 0 Å². The maximum atomic E-state index is 12.3. The fraction of sp³-hybridized carbons (Fsp3) is 0.423. The molecule has 2 aromatic carbocycles. The number of carbonyl (C=O) groups is 3. The molecule has 174 valence electrons. The molecule has 0 radical (unpaired) electrons. The second kappa shape index (κ2) is 10.5. The van der Waals surface area contributed by atoms with Crippen LogP contribution in [0.3, 0.4) is 0 Å². The van der Waals surface area contributed by atoms with E-state index in [4.69, 9.17) is 4.74 Å². The third-order valence-electron chi connectivity index (χ3n) is 6.67. The highest BCUT2D eigenvalue weighted by Gasteiger charge is 2.31. The fourth-order valence-corrected chi connectivity index (χ4v) is 5.02. The first kappa shape index (κ1) is 22.8. The summed E-state index contributed by atoms with van der Waals surface area (Å²) in [6, 6.07) is 15.3. The summed E-state index contributed by atoms with van der Waals surface area (Å²) in [5.74, 6) is -1.44. The Kier molecular flexibility index (Phi) is 7.27. The van der Waals surface area contributed by atoms with Crippen LogP contribution in [0.2, 0.25) is 0 Å². The quantitative estimate of drug-likeness (QED) is 0.562. The van der Waals surface area contributed by atoms with Gasteiger partial charge in [-0.1, -0.05) is 67.8 Å². The van der Waals surface area contributed by atoms with Crippen molar-refractivity contribution in [1.29, 1.82) is 0 Å². The van der Waals surface area contributed by atoms with Gasteiger partial charge >= 0.3 is 12.1 Å². The Labute approximate surface area is 193 Å². The number of hydrogen-bond acceptors (Lipinski definition) is 4. The van der Waals surface area contributed by atoms with E-state index in [0.717, 1.165) is 54.4 Å². The number of carboxylic acids is 1. The number of aliphatic carboxylic acids is 1. The Balaban J connectivity index is 1.24. The van der Waals surface area contributed by atoms with Gasteiger partial charge in [-0.2, -0.15) is 0 Å². The van der Waals surface area contributed by atoms with Gasteiger partial charge < -0.3 is 20.5 Å². The highest BCUT2D eigenvalue weighted by molar-refractivity contribution is 5.84. The van der Waals surface area contributed by atoms with Crippen LogP contribution in [0.25, 0.3) is 11.1 Å². The second-order valence-corrected chi connectivity index (χ2v) is 8.78. The van der Waals surface area contributed by atoms with Gasteiger partial charge in [0.25, 0.3) is 0 Å².